The minimum atomic E-state index is 0.117. The van der Waals surface area contributed by atoms with Gasteiger partial charge in [-0.1, -0.05) is 18.2 Å². The number of hydrogen-bond donors (Lipinski definition) is 1. The van der Waals surface area contributed by atoms with Crippen molar-refractivity contribution in [3.8, 4) is 17.0 Å². The number of benzene rings is 1. The molecule has 0 radical (unpaired) electrons. The van der Waals surface area contributed by atoms with Gasteiger partial charge >= 0.3 is 0 Å². The first-order valence-corrected chi connectivity index (χ1v) is 9.90. The fraction of sp³-hybridized carbons (Fsp3) is 0.261. The van der Waals surface area contributed by atoms with E-state index < -0.39 is 0 Å². The van der Waals surface area contributed by atoms with Crippen molar-refractivity contribution in [1.29, 1.82) is 0 Å². The van der Waals surface area contributed by atoms with Crippen LogP contribution in [-0.4, -0.2) is 25.9 Å². The fourth-order valence-electron chi connectivity index (χ4n) is 3.27. The summed E-state index contributed by atoms with van der Waals surface area (Å²) in [7, 11) is 0. The second-order valence-corrected chi connectivity index (χ2v) is 7.17. The molecule has 0 bridgehead atoms. The van der Waals surface area contributed by atoms with Crippen molar-refractivity contribution in [1.82, 2.24) is 19.7 Å². The molecular formula is C23H25N5O. The average Bonchev–Trinajstić information content (AvgIpc) is 3.21. The SMILES string of the molecule is CCn1cc(-c2ccnc3c(NCc4ccc(OC(C)C)nc4)cccc23)cn1. The Balaban J connectivity index is 1.57. The summed E-state index contributed by atoms with van der Waals surface area (Å²) >= 11 is 0. The zero-order chi connectivity index (χ0) is 20.2. The molecule has 3 heterocycles. The molecular weight excluding hydrogens is 362 g/mol. The van der Waals surface area contributed by atoms with Gasteiger partial charge in [-0.25, -0.2) is 4.98 Å². The summed E-state index contributed by atoms with van der Waals surface area (Å²) in [5.41, 5.74) is 5.26. The third-order valence-corrected chi connectivity index (χ3v) is 4.68. The number of ether oxygens (including phenoxy) is 1. The monoisotopic (exact) mass is 387 g/mol. The van der Waals surface area contributed by atoms with Gasteiger partial charge in [0.1, 0.15) is 0 Å². The fourth-order valence-corrected chi connectivity index (χ4v) is 3.27. The van der Waals surface area contributed by atoms with E-state index in [0.29, 0.717) is 12.4 Å². The summed E-state index contributed by atoms with van der Waals surface area (Å²) < 4.78 is 7.54. The molecule has 6 nitrogen and oxygen atoms in total. The van der Waals surface area contributed by atoms with Gasteiger partial charge in [-0.15, -0.1) is 0 Å². The number of hydrogen-bond acceptors (Lipinski definition) is 5. The third kappa shape index (κ3) is 4.21. The van der Waals surface area contributed by atoms with Crippen LogP contribution in [0, 0.1) is 0 Å². The number of anilines is 1. The predicted octanol–water partition coefficient (Wildman–Crippen LogP) is 4.91. The molecule has 0 aliphatic heterocycles. The largest absolute Gasteiger partial charge is 0.475 e. The van der Waals surface area contributed by atoms with Crippen molar-refractivity contribution in [3.63, 3.8) is 0 Å². The van der Waals surface area contributed by atoms with Crippen LogP contribution in [0.1, 0.15) is 26.3 Å². The first kappa shape index (κ1) is 18.9. The van der Waals surface area contributed by atoms with E-state index in [4.69, 9.17) is 4.74 Å². The van der Waals surface area contributed by atoms with Crippen LogP contribution >= 0.6 is 0 Å². The zero-order valence-corrected chi connectivity index (χ0v) is 17.0. The molecule has 0 spiro atoms. The maximum absolute atomic E-state index is 5.61. The normalized spacial score (nSPS) is 11.2. The zero-order valence-electron chi connectivity index (χ0n) is 17.0. The number of para-hydroxylation sites is 1. The molecule has 3 aromatic heterocycles. The van der Waals surface area contributed by atoms with E-state index >= 15 is 0 Å². The van der Waals surface area contributed by atoms with Crippen molar-refractivity contribution in [2.45, 2.75) is 40.0 Å². The van der Waals surface area contributed by atoms with Crippen molar-refractivity contribution < 1.29 is 4.74 Å². The smallest absolute Gasteiger partial charge is 0.213 e. The maximum Gasteiger partial charge on any atom is 0.213 e. The number of pyridine rings is 2. The number of aryl methyl sites for hydroxylation is 1. The first-order valence-electron chi connectivity index (χ1n) is 9.90. The van der Waals surface area contributed by atoms with Crippen LogP contribution in [0.25, 0.3) is 22.0 Å². The van der Waals surface area contributed by atoms with Crippen molar-refractivity contribution in [2.75, 3.05) is 5.32 Å². The molecule has 4 rings (SSSR count). The molecule has 0 saturated heterocycles. The van der Waals surface area contributed by atoms with E-state index in [1.165, 1.54) is 0 Å². The summed E-state index contributed by atoms with van der Waals surface area (Å²) in [6, 6.07) is 12.2. The molecule has 6 heteroatoms. The van der Waals surface area contributed by atoms with Crippen molar-refractivity contribution in [2.24, 2.45) is 0 Å². The van der Waals surface area contributed by atoms with E-state index in [9.17, 15) is 0 Å². The molecule has 148 valence electrons. The molecule has 0 amide bonds. The lowest BCUT2D eigenvalue weighted by atomic mass is 10.0. The molecule has 4 aromatic rings. The Morgan fingerprint density at radius 1 is 1.07 bits per heavy atom. The molecule has 0 saturated carbocycles. The van der Waals surface area contributed by atoms with Crippen molar-refractivity contribution in [3.05, 3.63) is 66.7 Å². The van der Waals surface area contributed by atoms with Gasteiger partial charge in [-0.05, 0) is 44.0 Å². The third-order valence-electron chi connectivity index (χ3n) is 4.68. The van der Waals surface area contributed by atoms with Crippen LogP contribution < -0.4 is 10.1 Å². The minimum Gasteiger partial charge on any atom is -0.475 e. The first-order chi connectivity index (χ1) is 14.1. The van der Waals surface area contributed by atoms with Gasteiger partial charge in [0.2, 0.25) is 5.88 Å². The second-order valence-electron chi connectivity index (χ2n) is 7.17. The molecule has 1 aromatic carbocycles. The van der Waals surface area contributed by atoms with E-state index in [1.54, 1.807) is 0 Å². The highest BCUT2D eigenvalue weighted by molar-refractivity contribution is 6.00. The summed E-state index contributed by atoms with van der Waals surface area (Å²) in [6.07, 6.45) is 7.79. The Morgan fingerprint density at radius 2 is 1.97 bits per heavy atom. The Hall–Kier alpha value is -3.41. The van der Waals surface area contributed by atoms with E-state index in [2.05, 4.69) is 51.7 Å². The number of rotatable bonds is 7. The Bertz CT molecular complexity index is 1100. The highest BCUT2D eigenvalue weighted by Crippen LogP contribution is 2.31. The number of nitrogens with one attached hydrogen (secondary N) is 1. The van der Waals surface area contributed by atoms with Crippen LogP contribution in [-0.2, 0) is 13.1 Å². The lowest BCUT2D eigenvalue weighted by molar-refractivity contribution is 0.232. The quantitative estimate of drug-likeness (QED) is 0.488. The van der Waals surface area contributed by atoms with E-state index in [0.717, 1.165) is 39.8 Å². The lowest BCUT2D eigenvalue weighted by Gasteiger charge is -2.12. The standard InChI is InChI=1S/C23H25N5O/c1-4-28-15-18(14-27-28)19-10-11-24-23-20(19)6-5-7-21(23)25-12-17-8-9-22(26-13-17)29-16(2)3/h5-11,13-16,25H,4,12H2,1-3H3. The lowest BCUT2D eigenvalue weighted by Crippen LogP contribution is -2.07. The second kappa shape index (κ2) is 8.31. The van der Waals surface area contributed by atoms with Crippen LogP contribution in [0.5, 0.6) is 5.88 Å². The van der Waals surface area contributed by atoms with E-state index in [-0.39, 0.29) is 6.10 Å². The van der Waals surface area contributed by atoms with Gasteiger partial charge in [0.25, 0.3) is 0 Å². The summed E-state index contributed by atoms with van der Waals surface area (Å²) in [6.45, 7) is 7.58. The van der Waals surface area contributed by atoms with Crippen LogP contribution in [0.4, 0.5) is 5.69 Å². The predicted molar refractivity (Wildman–Crippen MR) is 116 cm³/mol. The van der Waals surface area contributed by atoms with Gasteiger partial charge in [0, 0.05) is 48.7 Å². The molecule has 0 aliphatic carbocycles. The van der Waals surface area contributed by atoms with Crippen LogP contribution in [0.2, 0.25) is 0 Å². The number of fused-ring (bicyclic) bond motifs is 1. The molecule has 0 aliphatic rings. The molecule has 29 heavy (non-hydrogen) atoms. The van der Waals surface area contributed by atoms with Gasteiger partial charge < -0.3 is 10.1 Å². The van der Waals surface area contributed by atoms with Gasteiger partial charge in [-0.2, -0.15) is 5.10 Å². The molecule has 0 unspecified atom stereocenters. The highest BCUT2D eigenvalue weighted by atomic mass is 16.5. The average molecular weight is 387 g/mol. The van der Waals surface area contributed by atoms with E-state index in [1.807, 2.05) is 55.3 Å². The molecule has 1 N–H and O–H groups in total. The number of aromatic nitrogens is 4. The van der Waals surface area contributed by atoms with Crippen LogP contribution in [0.15, 0.2) is 61.2 Å². The summed E-state index contributed by atoms with van der Waals surface area (Å²) in [5.74, 6) is 0.646. The maximum atomic E-state index is 5.61. The van der Waals surface area contributed by atoms with Gasteiger partial charge in [-0.3, -0.25) is 9.67 Å². The molecule has 0 atom stereocenters. The summed E-state index contributed by atoms with van der Waals surface area (Å²) in [5, 5.41) is 9.00. The minimum absolute atomic E-state index is 0.117. The number of nitrogens with zero attached hydrogens (tertiary/aromatic N) is 4. The van der Waals surface area contributed by atoms with Crippen LogP contribution in [0.3, 0.4) is 0 Å². The Morgan fingerprint density at radius 3 is 2.69 bits per heavy atom. The van der Waals surface area contributed by atoms with Gasteiger partial charge in [0.15, 0.2) is 0 Å². The topological polar surface area (TPSA) is 64.9 Å². The van der Waals surface area contributed by atoms with Gasteiger partial charge in [0.05, 0.1) is 23.5 Å². The molecule has 0 fully saturated rings. The Kier molecular flexibility index (Phi) is 5.42. The Labute approximate surface area is 170 Å². The summed E-state index contributed by atoms with van der Waals surface area (Å²) in [4.78, 5) is 9.00. The highest BCUT2D eigenvalue weighted by Gasteiger charge is 2.10. The van der Waals surface area contributed by atoms with Crippen molar-refractivity contribution >= 4 is 16.6 Å².